The number of nitrogens with one attached hydrogen (secondary N) is 2. The van der Waals surface area contributed by atoms with E-state index in [1.807, 2.05) is 24.3 Å². The first-order valence-corrected chi connectivity index (χ1v) is 11.5. The largest absolute Gasteiger partial charge is 0.496 e. The third-order valence-corrected chi connectivity index (χ3v) is 6.63. The fraction of sp³-hybridized carbons (Fsp3) is 0.208. The van der Waals surface area contributed by atoms with Crippen LogP contribution in [-0.4, -0.2) is 35.1 Å². The molecule has 3 rings (SSSR count). The van der Waals surface area contributed by atoms with E-state index < -0.39 is 9.84 Å². The molecule has 0 spiro atoms. The van der Waals surface area contributed by atoms with Gasteiger partial charge in [0.25, 0.3) is 0 Å². The van der Waals surface area contributed by atoms with E-state index in [1.165, 1.54) is 19.2 Å². The molecule has 8 heteroatoms. The second-order valence-corrected chi connectivity index (χ2v) is 9.02. The highest BCUT2D eigenvalue weighted by Gasteiger charge is 2.25. The van der Waals surface area contributed by atoms with Crippen LogP contribution >= 0.6 is 0 Å². The Balaban J connectivity index is 1.78. The van der Waals surface area contributed by atoms with Crippen LogP contribution in [0.1, 0.15) is 11.1 Å². The van der Waals surface area contributed by atoms with Gasteiger partial charge in [-0.25, -0.2) is 8.42 Å². The summed E-state index contributed by atoms with van der Waals surface area (Å²) in [5, 5.41) is 5.83. The van der Waals surface area contributed by atoms with Crippen molar-refractivity contribution < 1.29 is 22.7 Å². The molecule has 0 heterocycles. The normalized spacial score (nSPS) is 11.0. The summed E-state index contributed by atoms with van der Waals surface area (Å²) in [5.74, 6) is 0.598. The van der Waals surface area contributed by atoms with Gasteiger partial charge in [-0.15, -0.1) is 0 Å². The van der Waals surface area contributed by atoms with Crippen molar-refractivity contribution in [2.24, 2.45) is 0 Å². The van der Waals surface area contributed by atoms with E-state index in [0.717, 1.165) is 11.1 Å². The number of aryl methyl sites for hydroxylation is 1. The van der Waals surface area contributed by atoms with Crippen LogP contribution in [0.4, 0.5) is 5.69 Å². The summed E-state index contributed by atoms with van der Waals surface area (Å²) in [6.45, 7) is 2.04. The number of amides is 1. The van der Waals surface area contributed by atoms with Crippen LogP contribution in [0.3, 0.4) is 0 Å². The maximum Gasteiger partial charge on any atom is 0.239 e. The van der Waals surface area contributed by atoms with Gasteiger partial charge in [-0.3, -0.25) is 4.79 Å². The van der Waals surface area contributed by atoms with E-state index in [4.69, 9.17) is 9.47 Å². The van der Waals surface area contributed by atoms with Crippen LogP contribution in [0.2, 0.25) is 0 Å². The highest BCUT2D eigenvalue weighted by atomic mass is 32.2. The standard InChI is InChI=1S/C24H26N2O5S/c1-17-13-20(25-16-23(27)26-15-18-9-7-8-12-21(18)30-2)24(31-3)22(14-17)32(28,29)19-10-5-4-6-11-19/h4-14,25H,15-16H2,1-3H3,(H,26,27). The molecule has 0 fully saturated rings. The molecule has 0 aliphatic rings. The summed E-state index contributed by atoms with van der Waals surface area (Å²) in [6, 6.07) is 18.9. The third-order valence-electron chi connectivity index (χ3n) is 4.85. The number of para-hydroxylation sites is 1. The lowest BCUT2D eigenvalue weighted by Crippen LogP contribution is -2.29. The van der Waals surface area contributed by atoms with Gasteiger partial charge in [0, 0.05) is 12.1 Å². The molecule has 7 nitrogen and oxygen atoms in total. The average Bonchev–Trinajstić information content (AvgIpc) is 2.81. The Labute approximate surface area is 188 Å². The molecule has 0 aliphatic heterocycles. The molecule has 0 saturated heterocycles. The lowest BCUT2D eigenvalue weighted by Gasteiger charge is -2.17. The van der Waals surface area contributed by atoms with E-state index in [2.05, 4.69) is 10.6 Å². The molecule has 0 saturated carbocycles. The Bertz CT molecular complexity index is 1190. The van der Waals surface area contributed by atoms with Gasteiger partial charge in [-0.2, -0.15) is 0 Å². The molecule has 3 aromatic carbocycles. The van der Waals surface area contributed by atoms with E-state index in [1.54, 1.807) is 44.4 Å². The quantitative estimate of drug-likeness (QED) is 0.513. The number of hydrogen-bond donors (Lipinski definition) is 2. The number of anilines is 1. The summed E-state index contributed by atoms with van der Waals surface area (Å²) in [7, 11) is -0.818. The number of carbonyl (C=O) groups is 1. The van der Waals surface area contributed by atoms with E-state index in [-0.39, 0.29) is 28.0 Å². The Morgan fingerprint density at radius 2 is 1.62 bits per heavy atom. The number of ether oxygens (including phenoxy) is 2. The second-order valence-electron chi connectivity index (χ2n) is 7.10. The van der Waals surface area contributed by atoms with E-state index >= 15 is 0 Å². The lowest BCUT2D eigenvalue weighted by atomic mass is 10.2. The lowest BCUT2D eigenvalue weighted by molar-refractivity contribution is -0.119. The molecular formula is C24H26N2O5S. The summed E-state index contributed by atoms with van der Waals surface area (Å²) in [5.41, 5.74) is 2.00. The SMILES string of the molecule is COc1ccccc1CNC(=O)CNc1cc(C)cc(S(=O)(=O)c2ccccc2)c1OC. The fourth-order valence-electron chi connectivity index (χ4n) is 3.29. The minimum absolute atomic E-state index is 0.0446. The summed E-state index contributed by atoms with van der Waals surface area (Å²) in [4.78, 5) is 12.6. The van der Waals surface area contributed by atoms with Gasteiger partial charge < -0.3 is 20.1 Å². The van der Waals surface area contributed by atoms with E-state index in [0.29, 0.717) is 18.0 Å². The summed E-state index contributed by atoms with van der Waals surface area (Å²) < 4.78 is 37.1. The van der Waals surface area contributed by atoms with Crippen molar-refractivity contribution in [1.82, 2.24) is 5.32 Å². The average molecular weight is 455 g/mol. The minimum Gasteiger partial charge on any atom is -0.496 e. The maximum atomic E-state index is 13.2. The highest BCUT2D eigenvalue weighted by Crippen LogP contribution is 2.36. The van der Waals surface area contributed by atoms with Crippen molar-refractivity contribution in [3.8, 4) is 11.5 Å². The van der Waals surface area contributed by atoms with Crippen molar-refractivity contribution >= 4 is 21.4 Å². The molecule has 32 heavy (non-hydrogen) atoms. The summed E-state index contributed by atoms with van der Waals surface area (Å²) in [6.07, 6.45) is 0. The predicted molar refractivity (Wildman–Crippen MR) is 123 cm³/mol. The molecule has 1 amide bonds. The van der Waals surface area contributed by atoms with Gasteiger partial charge in [-0.1, -0.05) is 36.4 Å². The summed E-state index contributed by atoms with van der Waals surface area (Å²) >= 11 is 0. The molecular weight excluding hydrogens is 428 g/mol. The molecule has 0 atom stereocenters. The first kappa shape index (κ1) is 23.1. The van der Waals surface area contributed by atoms with Crippen molar-refractivity contribution in [1.29, 1.82) is 0 Å². The van der Waals surface area contributed by atoms with Crippen molar-refractivity contribution in [3.05, 3.63) is 77.9 Å². The fourth-order valence-corrected chi connectivity index (χ4v) is 4.84. The van der Waals surface area contributed by atoms with Crippen molar-refractivity contribution in [3.63, 3.8) is 0 Å². The first-order chi connectivity index (χ1) is 15.4. The Morgan fingerprint density at radius 3 is 2.31 bits per heavy atom. The zero-order valence-corrected chi connectivity index (χ0v) is 19.0. The molecule has 2 N–H and O–H groups in total. The van der Waals surface area contributed by atoms with Crippen LogP contribution in [0.25, 0.3) is 0 Å². The molecule has 168 valence electrons. The van der Waals surface area contributed by atoms with Crippen molar-refractivity contribution in [2.75, 3.05) is 26.1 Å². The van der Waals surface area contributed by atoms with Gasteiger partial charge in [0.2, 0.25) is 15.7 Å². The second kappa shape index (κ2) is 10.2. The Morgan fingerprint density at radius 1 is 0.938 bits per heavy atom. The van der Waals surface area contributed by atoms with Crippen LogP contribution < -0.4 is 20.1 Å². The predicted octanol–water partition coefficient (Wildman–Crippen LogP) is 3.57. The molecule has 0 bridgehead atoms. The van der Waals surface area contributed by atoms with Crippen molar-refractivity contribution in [2.45, 2.75) is 23.3 Å². The molecule has 0 aliphatic carbocycles. The number of hydrogen-bond acceptors (Lipinski definition) is 6. The van der Waals surface area contributed by atoms with Gasteiger partial charge in [0.1, 0.15) is 10.6 Å². The number of carbonyl (C=O) groups excluding carboxylic acids is 1. The number of sulfone groups is 1. The Kier molecular flexibility index (Phi) is 7.37. The van der Waals surface area contributed by atoms with Gasteiger partial charge >= 0.3 is 0 Å². The smallest absolute Gasteiger partial charge is 0.239 e. The zero-order chi connectivity index (χ0) is 23.1. The monoisotopic (exact) mass is 454 g/mol. The minimum atomic E-state index is -3.80. The number of methoxy groups -OCH3 is 2. The van der Waals surface area contributed by atoms with Crippen LogP contribution in [-0.2, 0) is 21.2 Å². The topological polar surface area (TPSA) is 93.7 Å². The molecule has 0 unspecified atom stereocenters. The van der Waals surface area contributed by atoms with Gasteiger partial charge in [0.15, 0.2) is 5.75 Å². The third kappa shape index (κ3) is 5.20. The van der Waals surface area contributed by atoms with Gasteiger partial charge in [0.05, 0.1) is 31.3 Å². The number of rotatable bonds is 9. The number of benzene rings is 3. The Hall–Kier alpha value is -3.52. The molecule has 0 aromatic heterocycles. The first-order valence-electron chi connectivity index (χ1n) is 9.98. The highest BCUT2D eigenvalue weighted by molar-refractivity contribution is 7.91. The molecule has 3 aromatic rings. The van der Waals surface area contributed by atoms with Gasteiger partial charge in [-0.05, 0) is 42.8 Å². The zero-order valence-electron chi connectivity index (χ0n) is 18.2. The van der Waals surface area contributed by atoms with Crippen LogP contribution in [0.15, 0.2) is 76.5 Å². The molecule has 0 radical (unpaired) electrons. The maximum absolute atomic E-state index is 13.2. The van der Waals surface area contributed by atoms with Crippen LogP contribution in [0.5, 0.6) is 11.5 Å². The van der Waals surface area contributed by atoms with Crippen LogP contribution in [0, 0.1) is 6.92 Å². The van der Waals surface area contributed by atoms with E-state index in [9.17, 15) is 13.2 Å².